The minimum atomic E-state index is -4.11. The summed E-state index contributed by atoms with van der Waals surface area (Å²) in [5.41, 5.74) is 2.05. The van der Waals surface area contributed by atoms with Gasteiger partial charge in [-0.2, -0.15) is 13.2 Å². The van der Waals surface area contributed by atoms with Crippen LogP contribution in [0.2, 0.25) is 0 Å². The molecule has 1 saturated heterocycles. The summed E-state index contributed by atoms with van der Waals surface area (Å²) < 4.78 is 38.8. The molecule has 1 aliphatic rings. The van der Waals surface area contributed by atoms with Crippen LogP contribution in [-0.4, -0.2) is 37.3 Å². The van der Waals surface area contributed by atoms with Crippen LogP contribution in [0.15, 0.2) is 22.7 Å². The minimum Gasteiger partial charge on any atom is -0.314 e. The second-order valence-corrected chi connectivity index (χ2v) is 6.33. The van der Waals surface area contributed by atoms with E-state index in [2.05, 4.69) is 26.1 Å². The number of aryl methyl sites for hydroxylation is 1. The van der Waals surface area contributed by atoms with Crippen molar-refractivity contribution in [2.45, 2.75) is 32.0 Å². The van der Waals surface area contributed by atoms with Crippen molar-refractivity contribution in [3.63, 3.8) is 0 Å². The number of hydrogen-bond donors (Lipinski definition) is 1. The maximum absolute atomic E-state index is 12.6. The Bertz CT molecular complexity index is 476. The van der Waals surface area contributed by atoms with Crippen molar-refractivity contribution < 1.29 is 13.2 Å². The van der Waals surface area contributed by atoms with Crippen molar-refractivity contribution in [3.8, 4) is 0 Å². The number of rotatable bonds is 4. The Balaban J connectivity index is 0.00000242. The molecule has 0 aliphatic carbocycles. The number of halogens is 5. The zero-order chi connectivity index (χ0) is 15.5. The molecule has 2 rings (SSSR count). The van der Waals surface area contributed by atoms with Gasteiger partial charge in [0.25, 0.3) is 0 Å². The number of benzene rings is 1. The molecule has 1 fully saturated rings. The molecular formula is C15H21BrClF3N2. The van der Waals surface area contributed by atoms with Crippen LogP contribution in [0.25, 0.3) is 0 Å². The lowest BCUT2D eigenvalue weighted by atomic mass is 9.98. The first-order valence-electron chi connectivity index (χ1n) is 7.14. The van der Waals surface area contributed by atoms with Gasteiger partial charge in [0.2, 0.25) is 0 Å². The van der Waals surface area contributed by atoms with Crippen molar-refractivity contribution in [2.24, 2.45) is 0 Å². The zero-order valence-electron chi connectivity index (χ0n) is 12.4. The van der Waals surface area contributed by atoms with Gasteiger partial charge in [0, 0.05) is 43.1 Å². The highest BCUT2D eigenvalue weighted by molar-refractivity contribution is 9.10. The molecule has 0 radical (unpaired) electrons. The van der Waals surface area contributed by atoms with Crippen molar-refractivity contribution in [1.29, 1.82) is 0 Å². The Morgan fingerprint density at radius 1 is 1.27 bits per heavy atom. The second kappa shape index (κ2) is 8.52. The average molecular weight is 402 g/mol. The lowest BCUT2D eigenvalue weighted by Gasteiger charge is -2.36. The van der Waals surface area contributed by atoms with Crippen molar-refractivity contribution in [2.75, 3.05) is 26.2 Å². The number of alkyl halides is 3. The number of hydrogen-bond acceptors (Lipinski definition) is 2. The molecular weight excluding hydrogens is 381 g/mol. The van der Waals surface area contributed by atoms with Crippen LogP contribution in [0, 0.1) is 6.92 Å². The summed E-state index contributed by atoms with van der Waals surface area (Å²) in [5, 5.41) is 3.24. The average Bonchev–Trinajstić information content (AvgIpc) is 2.41. The Morgan fingerprint density at radius 2 is 1.91 bits per heavy atom. The van der Waals surface area contributed by atoms with Gasteiger partial charge in [-0.15, -0.1) is 12.4 Å². The van der Waals surface area contributed by atoms with Crippen LogP contribution in [-0.2, 0) is 0 Å². The van der Waals surface area contributed by atoms with Gasteiger partial charge in [0.1, 0.15) is 0 Å². The monoisotopic (exact) mass is 400 g/mol. The molecule has 126 valence electrons. The summed E-state index contributed by atoms with van der Waals surface area (Å²) in [6.45, 7) is 5.19. The van der Waals surface area contributed by atoms with Crippen LogP contribution in [0.3, 0.4) is 0 Å². The maximum Gasteiger partial charge on any atom is 0.389 e. The minimum absolute atomic E-state index is 0. The molecule has 0 saturated carbocycles. The molecule has 0 bridgehead atoms. The third-order valence-electron chi connectivity index (χ3n) is 3.81. The quantitative estimate of drug-likeness (QED) is 0.801. The van der Waals surface area contributed by atoms with E-state index in [1.807, 2.05) is 25.1 Å². The van der Waals surface area contributed by atoms with Gasteiger partial charge in [-0.1, -0.05) is 28.1 Å². The summed E-state index contributed by atoms with van der Waals surface area (Å²) in [5.74, 6) is 0. The highest BCUT2D eigenvalue weighted by Crippen LogP contribution is 2.35. The predicted molar refractivity (Wildman–Crippen MR) is 88.6 cm³/mol. The van der Waals surface area contributed by atoms with Crippen LogP contribution in [0.1, 0.15) is 30.0 Å². The van der Waals surface area contributed by atoms with Gasteiger partial charge >= 0.3 is 6.18 Å². The molecule has 1 heterocycles. The fourth-order valence-corrected chi connectivity index (χ4v) is 3.49. The van der Waals surface area contributed by atoms with E-state index in [0.29, 0.717) is 0 Å². The molecule has 7 heteroatoms. The number of piperazine rings is 1. The molecule has 1 aliphatic heterocycles. The smallest absolute Gasteiger partial charge is 0.314 e. The van der Waals surface area contributed by atoms with Crippen molar-refractivity contribution in [3.05, 3.63) is 33.8 Å². The number of nitrogens with zero attached hydrogens (tertiary/aromatic N) is 1. The van der Waals surface area contributed by atoms with Gasteiger partial charge in [0.05, 0.1) is 0 Å². The van der Waals surface area contributed by atoms with E-state index in [1.54, 1.807) is 0 Å². The van der Waals surface area contributed by atoms with Gasteiger partial charge < -0.3 is 5.32 Å². The molecule has 1 aromatic carbocycles. The van der Waals surface area contributed by atoms with Crippen molar-refractivity contribution in [1.82, 2.24) is 10.2 Å². The molecule has 0 unspecified atom stereocenters. The van der Waals surface area contributed by atoms with E-state index in [0.717, 1.165) is 41.8 Å². The summed E-state index contributed by atoms with van der Waals surface area (Å²) in [7, 11) is 0. The zero-order valence-corrected chi connectivity index (χ0v) is 14.8. The van der Waals surface area contributed by atoms with E-state index in [1.165, 1.54) is 0 Å². The summed E-state index contributed by atoms with van der Waals surface area (Å²) in [4.78, 5) is 2.15. The first kappa shape index (κ1) is 19.7. The van der Waals surface area contributed by atoms with Gasteiger partial charge in [0.15, 0.2) is 0 Å². The SMILES string of the molecule is Cc1ccc([C@H](CCC(F)(F)F)N2CCNCC2)c(Br)c1.Cl. The maximum atomic E-state index is 12.6. The first-order valence-corrected chi connectivity index (χ1v) is 7.94. The predicted octanol–water partition coefficient (Wildman–Crippen LogP) is 4.47. The molecule has 1 atom stereocenters. The van der Waals surface area contributed by atoms with E-state index < -0.39 is 12.6 Å². The molecule has 0 aromatic heterocycles. The van der Waals surface area contributed by atoms with E-state index in [4.69, 9.17) is 0 Å². The van der Waals surface area contributed by atoms with Crippen LogP contribution in [0.4, 0.5) is 13.2 Å². The normalized spacial score (nSPS) is 17.9. The Morgan fingerprint density at radius 3 is 2.45 bits per heavy atom. The topological polar surface area (TPSA) is 15.3 Å². The molecule has 1 aromatic rings. The van der Waals surface area contributed by atoms with E-state index >= 15 is 0 Å². The van der Waals surface area contributed by atoms with Crippen molar-refractivity contribution >= 4 is 28.3 Å². The third-order valence-corrected chi connectivity index (χ3v) is 4.50. The first-order chi connectivity index (χ1) is 9.87. The molecule has 1 N–H and O–H groups in total. The Kier molecular flexibility index (Phi) is 7.65. The molecule has 0 spiro atoms. The summed E-state index contributed by atoms with van der Waals surface area (Å²) in [6.07, 6.45) is -4.75. The van der Waals surface area contributed by atoms with E-state index in [-0.39, 0.29) is 24.9 Å². The van der Waals surface area contributed by atoms with Gasteiger partial charge in [-0.05, 0) is 30.5 Å². The lowest BCUT2D eigenvalue weighted by molar-refractivity contribution is -0.138. The lowest BCUT2D eigenvalue weighted by Crippen LogP contribution is -2.45. The highest BCUT2D eigenvalue weighted by atomic mass is 79.9. The molecule has 22 heavy (non-hydrogen) atoms. The standard InChI is InChI=1S/C15H20BrF3N2.ClH/c1-11-2-3-12(13(16)10-11)14(4-5-15(17,18)19)21-8-6-20-7-9-21;/h2-3,10,14,20H,4-9H2,1H3;1H/t14-;/m0./s1. The second-order valence-electron chi connectivity index (χ2n) is 5.48. The van der Waals surface area contributed by atoms with Crippen LogP contribution >= 0.6 is 28.3 Å². The van der Waals surface area contributed by atoms with E-state index in [9.17, 15) is 13.2 Å². The van der Waals surface area contributed by atoms with Gasteiger partial charge in [-0.25, -0.2) is 0 Å². The number of nitrogens with one attached hydrogen (secondary N) is 1. The summed E-state index contributed by atoms with van der Waals surface area (Å²) >= 11 is 3.51. The largest absolute Gasteiger partial charge is 0.389 e. The van der Waals surface area contributed by atoms with Gasteiger partial charge in [-0.3, -0.25) is 4.90 Å². The third kappa shape index (κ3) is 5.72. The highest BCUT2D eigenvalue weighted by Gasteiger charge is 2.31. The fraction of sp³-hybridized carbons (Fsp3) is 0.600. The van der Waals surface area contributed by atoms with Crippen LogP contribution in [0.5, 0.6) is 0 Å². The Labute approximate surface area is 144 Å². The van der Waals surface area contributed by atoms with Crippen LogP contribution < -0.4 is 5.32 Å². The molecule has 2 nitrogen and oxygen atoms in total. The molecule has 0 amide bonds. The fourth-order valence-electron chi connectivity index (χ4n) is 2.73. The summed E-state index contributed by atoms with van der Waals surface area (Å²) in [6, 6.07) is 5.69. The Hall–Kier alpha value is -0.300.